The Morgan fingerprint density at radius 2 is 1.82 bits per heavy atom. The smallest absolute Gasteiger partial charge is 0.265 e. The number of hydrogen-bond acceptors (Lipinski definition) is 5. The van der Waals surface area contributed by atoms with Crippen molar-refractivity contribution in [2.75, 3.05) is 32.3 Å². The van der Waals surface area contributed by atoms with E-state index < -0.39 is 0 Å². The lowest BCUT2D eigenvalue weighted by atomic mass is 10.1. The molecule has 0 unspecified atom stereocenters. The normalized spacial score (nSPS) is 12.6. The largest absolute Gasteiger partial charge is 0.493 e. The molecule has 3 aromatic rings. The molecule has 1 N–H and O–H groups in total. The van der Waals surface area contributed by atoms with E-state index in [1.54, 1.807) is 25.2 Å². The molecule has 1 aliphatic heterocycles. The van der Waals surface area contributed by atoms with E-state index in [-0.39, 0.29) is 18.4 Å². The molecule has 2 amide bonds. The molecule has 1 aliphatic rings. The molecule has 7 nitrogen and oxygen atoms in total. The summed E-state index contributed by atoms with van der Waals surface area (Å²) in [6, 6.07) is 18.8. The second-order valence-electron chi connectivity index (χ2n) is 8.14. The number of anilines is 1. The van der Waals surface area contributed by atoms with E-state index in [4.69, 9.17) is 14.2 Å². The molecule has 0 saturated heterocycles. The van der Waals surface area contributed by atoms with Crippen LogP contribution in [0, 0.1) is 6.92 Å². The van der Waals surface area contributed by atoms with Crippen molar-refractivity contribution in [2.45, 2.75) is 19.9 Å². The summed E-state index contributed by atoms with van der Waals surface area (Å²) in [5.74, 6) is 1.75. The summed E-state index contributed by atoms with van der Waals surface area (Å²) in [4.78, 5) is 27.0. The maximum atomic E-state index is 12.8. The molecule has 0 spiro atoms. The van der Waals surface area contributed by atoms with E-state index in [1.807, 2.05) is 61.5 Å². The minimum Gasteiger partial charge on any atom is -0.493 e. The Hall–Kier alpha value is -4.00. The molecule has 4 rings (SSSR count). The third-order valence-electron chi connectivity index (χ3n) is 5.73. The number of methoxy groups -OCH3 is 2. The van der Waals surface area contributed by atoms with Crippen LogP contribution >= 0.6 is 0 Å². The standard InChI is InChI=1S/C27H28N2O5/c1-18-7-9-23-22(13-18)29(26(30)17-34-23)16-20-5-4-6-21(14-20)27(31)28-12-11-19-8-10-24(32-2)25(15-19)33-3/h4-10,13-15H,11-12,16-17H2,1-3H3,(H,28,31). The molecule has 34 heavy (non-hydrogen) atoms. The van der Waals surface area contributed by atoms with Crippen LogP contribution in [0.25, 0.3) is 0 Å². The highest BCUT2D eigenvalue weighted by Gasteiger charge is 2.25. The Bertz CT molecular complexity index is 1210. The highest BCUT2D eigenvalue weighted by atomic mass is 16.5. The molecule has 0 saturated carbocycles. The number of benzene rings is 3. The first-order valence-electron chi connectivity index (χ1n) is 11.1. The van der Waals surface area contributed by atoms with Gasteiger partial charge in [-0.1, -0.05) is 24.3 Å². The zero-order chi connectivity index (χ0) is 24.1. The fraction of sp³-hybridized carbons (Fsp3) is 0.259. The van der Waals surface area contributed by atoms with Gasteiger partial charge in [0.05, 0.1) is 26.5 Å². The molecule has 0 bridgehead atoms. The van der Waals surface area contributed by atoms with Crippen molar-refractivity contribution in [1.82, 2.24) is 5.32 Å². The van der Waals surface area contributed by atoms with Gasteiger partial charge < -0.3 is 24.4 Å². The third-order valence-corrected chi connectivity index (χ3v) is 5.73. The van der Waals surface area contributed by atoms with Crippen LogP contribution in [0.2, 0.25) is 0 Å². The number of nitrogens with one attached hydrogen (secondary N) is 1. The number of nitrogens with zero attached hydrogens (tertiary/aromatic N) is 1. The first-order valence-corrected chi connectivity index (χ1v) is 11.1. The van der Waals surface area contributed by atoms with Crippen LogP contribution in [0.15, 0.2) is 60.7 Å². The maximum absolute atomic E-state index is 12.8. The van der Waals surface area contributed by atoms with Crippen molar-refractivity contribution in [3.05, 3.63) is 82.9 Å². The molecular formula is C27H28N2O5. The molecule has 7 heteroatoms. The number of ether oxygens (including phenoxy) is 3. The summed E-state index contributed by atoms with van der Waals surface area (Å²) in [6.45, 7) is 2.83. The third kappa shape index (κ3) is 5.14. The summed E-state index contributed by atoms with van der Waals surface area (Å²) in [5.41, 5.74) is 4.25. The molecule has 0 atom stereocenters. The van der Waals surface area contributed by atoms with E-state index in [1.165, 1.54) is 0 Å². The molecule has 0 aliphatic carbocycles. The predicted octanol–water partition coefficient (Wildman–Crippen LogP) is 3.91. The summed E-state index contributed by atoms with van der Waals surface area (Å²) in [5, 5.41) is 2.96. The van der Waals surface area contributed by atoms with Gasteiger partial charge in [-0.25, -0.2) is 0 Å². The molecule has 176 valence electrons. The van der Waals surface area contributed by atoms with Gasteiger partial charge >= 0.3 is 0 Å². The number of rotatable bonds is 8. The Labute approximate surface area is 199 Å². The molecule has 0 aromatic heterocycles. The zero-order valence-electron chi connectivity index (χ0n) is 19.6. The van der Waals surface area contributed by atoms with Gasteiger partial charge in [-0.05, 0) is 66.4 Å². The van der Waals surface area contributed by atoms with Crippen LogP contribution in [-0.4, -0.2) is 39.2 Å². The summed E-state index contributed by atoms with van der Waals surface area (Å²) in [7, 11) is 3.20. The lowest BCUT2D eigenvalue weighted by Crippen LogP contribution is -2.38. The fourth-order valence-corrected chi connectivity index (χ4v) is 3.94. The monoisotopic (exact) mass is 460 g/mol. The number of fused-ring (bicyclic) bond motifs is 1. The number of aryl methyl sites for hydroxylation is 1. The summed E-state index contributed by atoms with van der Waals surface area (Å²) >= 11 is 0. The van der Waals surface area contributed by atoms with Crippen molar-refractivity contribution in [3.63, 3.8) is 0 Å². The Morgan fingerprint density at radius 1 is 1.00 bits per heavy atom. The Morgan fingerprint density at radius 3 is 2.62 bits per heavy atom. The highest BCUT2D eigenvalue weighted by Crippen LogP contribution is 2.34. The quantitative estimate of drug-likeness (QED) is 0.552. The van der Waals surface area contributed by atoms with Crippen LogP contribution < -0.4 is 24.4 Å². The first kappa shape index (κ1) is 23.2. The number of amides is 2. The molecule has 1 heterocycles. The van der Waals surface area contributed by atoms with Crippen LogP contribution in [-0.2, 0) is 17.8 Å². The highest BCUT2D eigenvalue weighted by molar-refractivity contribution is 5.98. The molecule has 0 radical (unpaired) electrons. The van der Waals surface area contributed by atoms with Gasteiger partial charge in [-0.15, -0.1) is 0 Å². The van der Waals surface area contributed by atoms with Gasteiger partial charge in [-0.3, -0.25) is 9.59 Å². The van der Waals surface area contributed by atoms with Gasteiger partial charge in [-0.2, -0.15) is 0 Å². The minimum atomic E-state index is -0.160. The average molecular weight is 461 g/mol. The Kier molecular flexibility index (Phi) is 7.01. The van der Waals surface area contributed by atoms with Gasteiger partial charge in [0.15, 0.2) is 18.1 Å². The maximum Gasteiger partial charge on any atom is 0.265 e. The van der Waals surface area contributed by atoms with Crippen molar-refractivity contribution in [3.8, 4) is 17.2 Å². The van der Waals surface area contributed by atoms with Crippen molar-refractivity contribution in [2.24, 2.45) is 0 Å². The summed E-state index contributed by atoms with van der Waals surface area (Å²) in [6.07, 6.45) is 0.657. The molecule has 3 aromatic carbocycles. The van der Waals surface area contributed by atoms with Crippen molar-refractivity contribution < 1.29 is 23.8 Å². The number of carbonyl (C=O) groups is 2. The second kappa shape index (κ2) is 10.3. The lowest BCUT2D eigenvalue weighted by molar-refractivity contribution is -0.121. The number of carbonyl (C=O) groups excluding carboxylic acids is 2. The van der Waals surface area contributed by atoms with E-state index in [0.29, 0.717) is 42.3 Å². The average Bonchev–Trinajstić information content (AvgIpc) is 2.85. The zero-order valence-corrected chi connectivity index (χ0v) is 19.6. The van der Waals surface area contributed by atoms with E-state index in [2.05, 4.69) is 5.32 Å². The fourth-order valence-electron chi connectivity index (χ4n) is 3.94. The first-order chi connectivity index (χ1) is 16.5. The summed E-state index contributed by atoms with van der Waals surface area (Å²) < 4.78 is 16.2. The molecule has 0 fully saturated rings. The van der Waals surface area contributed by atoms with Crippen LogP contribution in [0.5, 0.6) is 17.2 Å². The van der Waals surface area contributed by atoms with E-state index in [9.17, 15) is 9.59 Å². The van der Waals surface area contributed by atoms with Gasteiger partial charge in [0.25, 0.3) is 11.8 Å². The van der Waals surface area contributed by atoms with Gasteiger partial charge in [0.2, 0.25) is 0 Å². The van der Waals surface area contributed by atoms with Gasteiger partial charge in [0.1, 0.15) is 5.75 Å². The van der Waals surface area contributed by atoms with Crippen molar-refractivity contribution in [1.29, 1.82) is 0 Å². The van der Waals surface area contributed by atoms with Crippen LogP contribution in [0.4, 0.5) is 5.69 Å². The van der Waals surface area contributed by atoms with Crippen LogP contribution in [0.3, 0.4) is 0 Å². The van der Waals surface area contributed by atoms with E-state index >= 15 is 0 Å². The van der Waals surface area contributed by atoms with E-state index in [0.717, 1.165) is 22.4 Å². The molecular weight excluding hydrogens is 432 g/mol. The second-order valence-corrected chi connectivity index (χ2v) is 8.14. The number of hydrogen-bond donors (Lipinski definition) is 1. The topological polar surface area (TPSA) is 77.1 Å². The minimum absolute atomic E-state index is 0.00633. The van der Waals surface area contributed by atoms with Gasteiger partial charge in [0, 0.05) is 12.1 Å². The predicted molar refractivity (Wildman–Crippen MR) is 130 cm³/mol. The Balaban J connectivity index is 1.40. The SMILES string of the molecule is COc1ccc(CCNC(=O)c2cccc(CN3C(=O)COc4ccc(C)cc43)c2)cc1OC. The lowest BCUT2D eigenvalue weighted by Gasteiger charge is -2.29. The van der Waals surface area contributed by atoms with Crippen LogP contribution in [0.1, 0.15) is 27.0 Å². The van der Waals surface area contributed by atoms with Crippen molar-refractivity contribution >= 4 is 17.5 Å².